The fourth-order valence-electron chi connectivity index (χ4n) is 4.56. The molecule has 1 aromatic heterocycles. The molecule has 1 unspecified atom stereocenters. The third-order valence-corrected chi connectivity index (χ3v) is 6.49. The number of pyridine rings is 1. The zero-order chi connectivity index (χ0) is 20.8. The van der Waals surface area contributed by atoms with Gasteiger partial charge in [0.2, 0.25) is 0 Å². The Morgan fingerprint density at radius 2 is 1.73 bits per heavy atom. The van der Waals surface area contributed by atoms with Gasteiger partial charge in [0.05, 0.1) is 5.56 Å². The van der Waals surface area contributed by atoms with Crippen LogP contribution in [0.2, 0.25) is 0 Å². The minimum absolute atomic E-state index is 0.0938. The number of likely N-dealkylation sites (tertiary alicyclic amines) is 2. The van der Waals surface area contributed by atoms with Crippen molar-refractivity contribution in [3.05, 3.63) is 59.3 Å². The van der Waals surface area contributed by atoms with Crippen LogP contribution in [0.25, 0.3) is 0 Å². The Balaban J connectivity index is 1.36. The fourth-order valence-corrected chi connectivity index (χ4v) is 4.56. The van der Waals surface area contributed by atoms with E-state index >= 15 is 0 Å². The SMILES string of the molecule is CC1CCCCN1Cc1ccc(CNc2ncccc2C(=O)N2CCCCC2)cc1. The second-order valence-corrected chi connectivity index (χ2v) is 8.74. The summed E-state index contributed by atoms with van der Waals surface area (Å²) in [7, 11) is 0. The monoisotopic (exact) mass is 406 g/mol. The molecule has 2 saturated heterocycles. The van der Waals surface area contributed by atoms with Crippen molar-refractivity contribution in [3.8, 4) is 0 Å². The summed E-state index contributed by atoms with van der Waals surface area (Å²) in [6, 6.07) is 13.2. The topological polar surface area (TPSA) is 48.5 Å². The number of anilines is 1. The molecule has 160 valence electrons. The fraction of sp³-hybridized carbons (Fsp3) is 0.520. The Morgan fingerprint density at radius 1 is 1.00 bits per heavy atom. The molecule has 2 aliphatic heterocycles. The number of carbonyl (C=O) groups excluding carboxylic acids is 1. The lowest BCUT2D eigenvalue weighted by atomic mass is 10.0. The van der Waals surface area contributed by atoms with E-state index in [1.54, 1.807) is 6.20 Å². The Labute approximate surface area is 180 Å². The third kappa shape index (κ3) is 5.20. The van der Waals surface area contributed by atoms with Gasteiger partial charge in [-0.2, -0.15) is 0 Å². The lowest BCUT2D eigenvalue weighted by Crippen LogP contribution is -2.36. The molecule has 4 rings (SSSR count). The van der Waals surface area contributed by atoms with Crippen LogP contribution in [0, 0.1) is 0 Å². The summed E-state index contributed by atoms with van der Waals surface area (Å²) < 4.78 is 0. The molecule has 1 amide bonds. The van der Waals surface area contributed by atoms with E-state index in [1.807, 2.05) is 17.0 Å². The van der Waals surface area contributed by atoms with Gasteiger partial charge in [-0.3, -0.25) is 9.69 Å². The van der Waals surface area contributed by atoms with Crippen molar-refractivity contribution in [2.24, 2.45) is 0 Å². The van der Waals surface area contributed by atoms with E-state index in [-0.39, 0.29) is 5.91 Å². The Kier molecular flexibility index (Phi) is 7.00. The van der Waals surface area contributed by atoms with Crippen LogP contribution in [-0.2, 0) is 13.1 Å². The molecule has 0 radical (unpaired) electrons. The molecular formula is C25H34N4O. The molecule has 1 atom stereocenters. The smallest absolute Gasteiger partial charge is 0.257 e. The van der Waals surface area contributed by atoms with Crippen LogP contribution in [0.5, 0.6) is 0 Å². The van der Waals surface area contributed by atoms with Crippen LogP contribution in [0.3, 0.4) is 0 Å². The van der Waals surface area contributed by atoms with E-state index in [4.69, 9.17) is 0 Å². The van der Waals surface area contributed by atoms with E-state index in [0.29, 0.717) is 24.0 Å². The summed E-state index contributed by atoms with van der Waals surface area (Å²) in [5.41, 5.74) is 3.24. The van der Waals surface area contributed by atoms with E-state index < -0.39 is 0 Å². The Morgan fingerprint density at radius 3 is 2.50 bits per heavy atom. The summed E-state index contributed by atoms with van der Waals surface area (Å²) in [5.74, 6) is 0.774. The van der Waals surface area contributed by atoms with Crippen molar-refractivity contribution < 1.29 is 4.79 Å². The van der Waals surface area contributed by atoms with Crippen LogP contribution >= 0.6 is 0 Å². The average molecular weight is 407 g/mol. The van der Waals surface area contributed by atoms with Gasteiger partial charge in [-0.1, -0.05) is 30.7 Å². The highest BCUT2D eigenvalue weighted by atomic mass is 16.2. The molecule has 30 heavy (non-hydrogen) atoms. The minimum Gasteiger partial charge on any atom is -0.365 e. The molecule has 1 aromatic carbocycles. The predicted octanol–water partition coefficient (Wildman–Crippen LogP) is 4.69. The molecule has 5 nitrogen and oxygen atoms in total. The quantitative estimate of drug-likeness (QED) is 0.756. The van der Waals surface area contributed by atoms with Gasteiger partial charge in [0.25, 0.3) is 5.91 Å². The van der Waals surface area contributed by atoms with E-state index in [0.717, 1.165) is 32.5 Å². The molecule has 1 N–H and O–H groups in total. The molecule has 0 aliphatic carbocycles. The highest BCUT2D eigenvalue weighted by Gasteiger charge is 2.21. The molecule has 5 heteroatoms. The van der Waals surface area contributed by atoms with Gasteiger partial charge < -0.3 is 10.2 Å². The predicted molar refractivity (Wildman–Crippen MR) is 121 cm³/mol. The number of nitrogens with one attached hydrogen (secondary N) is 1. The Bertz CT molecular complexity index is 829. The van der Waals surface area contributed by atoms with Crippen molar-refractivity contribution in [2.45, 2.75) is 64.6 Å². The normalized spacial score (nSPS) is 20.2. The number of rotatable bonds is 6. The summed E-state index contributed by atoms with van der Waals surface area (Å²) in [5, 5.41) is 3.39. The lowest BCUT2D eigenvalue weighted by molar-refractivity contribution is 0.0725. The highest BCUT2D eigenvalue weighted by Crippen LogP contribution is 2.21. The van der Waals surface area contributed by atoms with Crippen LogP contribution in [0.4, 0.5) is 5.82 Å². The number of amides is 1. The average Bonchev–Trinajstić information content (AvgIpc) is 2.80. The first kappa shape index (κ1) is 20.9. The van der Waals surface area contributed by atoms with Crippen LogP contribution < -0.4 is 5.32 Å². The number of piperidine rings is 2. The van der Waals surface area contributed by atoms with Crippen molar-refractivity contribution >= 4 is 11.7 Å². The number of carbonyl (C=O) groups is 1. The molecule has 2 aliphatic rings. The van der Waals surface area contributed by atoms with Crippen molar-refractivity contribution in [1.82, 2.24) is 14.8 Å². The van der Waals surface area contributed by atoms with Gasteiger partial charge in [-0.25, -0.2) is 4.98 Å². The van der Waals surface area contributed by atoms with E-state index in [1.165, 1.54) is 43.4 Å². The largest absolute Gasteiger partial charge is 0.365 e. The number of aromatic nitrogens is 1. The first-order valence-corrected chi connectivity index (χ1v) is 11.5. The number of hydrogen-bond donors (Lipinski definition) is 1. The number of hydrogen-bond acceptors (Lipinski definition) is 4. The first-order chi connectivity index (χ1) is 14.7. The summed E-state index contributed by atoms with van der Waals surface area (Å²) >= 11 is 0. The maximum atomic E-state index is 12.9. The van der Waals surface area contributed by atoms with Gasteiger partial charge in [-0.15, -0.1) is 0 Å². The molecular weight excluding hydrogens is 372 g/mol. The molecule has 0 spiro atoms. The molecule has 0 saturated carbocycles. The number of benzene rings is 1. The zero-order valence-corrected chi connectivity index (χ0v) is 18.1. The van der Waals surface area contributed by atoms with Crippen molar-refractivity contribution in [1.29, 1.82) is 0 Å². The maximum Gasteiger partial charge on any atom is 0.257 e. The lowest BCUT2D eigenvalue weighted by Gasteiger charge is -2.33. The third-order valence-electron chi connectivity index (χ3n) is 6.49. The second-order valence-electron chi connectivity index (χ2n) is 8.74. The van der Waals surface area contributed by atoms with Gasteiger partial charge in [0, 0.05) is 38.4 Å². The standard InChI is InChI=1S/C25H34N4O/c1-20-8-3-6-17-29(20)19-22-12-10-21(11-13-22)18-27-24-23(9-7-14-26-24)25(30)28-15-4-2-5-16-28/h7,9-14,20H,2-6,8,15-19H2,1H3,(H,26,27). The highest BCUT2D eigenvalue weighted by molar-refractivity contribution is 5.98. The molecule has 0 bridgehead atoms. The molecule has 2 fully saturated rings. The van der Waals surface area contributed by atoms with Crippen molar-refractivity contribution in [3.63, 3.8) is 0 Å². The minimum atomic E-state index is 0.0938. The van der Waals surface area contributed by atoms with Gasteiger partial charge in [-0.05, 0) is 68.8 Å². The van der Waals surface area contributed by atoms with E-state index in [9.17, 15) is 4.79 Å². The molecule has 3 heterocycles. The summed E-state index contributed by atoms with van der Waals surface area (Å²) in [6.45, 7) is 6.95. The van der Waals surface area contributed by atoms with Crippen LogP contribution in [-0.4, -0.2) is 46.4 Å². The maximum absolute atomic E-state index is 12.9. The van der Waals surface area contributed by atoms with Gasteiger partial charge in [0.1, 0.15) is 5.82 Å². The first-order valence-electron chi connectivity index (χ1n) is 11.5. The van der Waals surface area contributed by atoms with Gasteiger partial charge in [0.15, 0.2) is 0 Å². The van der Waals surface area contributed by atoms with Gasteiger partial charge >= 0.3 is 0 Å². The van der Waals surface area contributed by atoms with E-state index in [2.05, 4.69) is 46.4 Å². The second kappa shape index (κ2) is 10.1. The Hall–Kier alpha value is -2.40. The zero-order valence-electron chi connectivity index (χ0n) is 18.1. The summed E-state index contributed by atoms with van der Waals surface area (Å²) in [4.78, 5) is 21.9. The number of nitrogens with zero attached hydrogens (tertiary/aromatic N) is 3. The van der Waals surface area contributed by atoms with Crippen LogP contribution in [0.1, 0.15) is 66.9 Å². The van der Waals surface area contributed by atoms with Crippen molar-refractivity contribution in [2.75, 3.05) is 25.0 Å². The summed E-state index contributed by atoms with van der Waals surface area (Å²) in [6.07, 6.45) is 9.14. The molecule has 2 aromatic rings. The van der Waals surface area contributed by atoms with Crippen LogP contribution in [0.15, 0.2) is 42.6 Å².